The maximum atomic E-state index is 5.96. The lowest BCUT2D eigenvalue weighted by atomic mass is 10.1. The van der Waals surface area contributed by atoms with E-state index in [0.29, 0.717) is 17.4 Å². The number of nitrogens with zero attached hydrogens (tertiary/aromatic N) is 4. The molecule has 0 radical (unpaired) electrons. The molecule has 1 heterocycles. The molecule has 2 aromatic carbocycles. The molecular formula is C15H13ClN4. The lowest BCUT2D eigenvalue weighted by molar-refractivity contribution is 0.573. The fourth-order valence-corrected chi connectivity index (χ4v) is 2.10. The zero-order chi connectivity index (χ0) is 13.9. The van der Waals surface area contributed by atoms with E-state index in [9.17, 15) is 0 Å². The summed E-state index contributed by atoms with van der Waals surface area (Å²) >= 11 is 5.96. The highest BCUT2D eigenvalue weighted by Gasteiger charge is 2.06. The second-order valence-electron chi connectivity index (χ2n) is 4.64. The maximum absolute atomic E-state index is 5.96. The Balaban J connectivity index is 1.82. The molecular weight excluding hydrogens is 272 g/mol. The number of aryl methyl sites for hydroxylation is 1. The zero-order valence-corrected chi connectivity index (χ0v) is 11.7. The van der Waals surface area contributed by atoms with Crippen molar-refractivity contribution in [3.63, 3.8) is 0 Å². The summed E-state index contributed by atoms with van der Waals surface area (Å²) in [5.74, 6) is 0.583. The van der Waals surface area contributed by atoms with Gasteiger partial charge in [0.15, 0.2) is 0 Å². The van der Waals surface area contributed by atoms with E-state index in [4.69, 9.17) is 11.6 Å². The Kier molecular flexibility index (Phi) is 3.48. The Hall–Kier alpha value is -2.20. The van der Waals surface area contributed by atoms with Gasteiger partial charge in [0.25, 0.3) is 0 Å². The Morgan fingerprint density at radius 2 is 1.90 bits per heavy atom. The molecule has 0 atom stereocenters. The maximum Gasteiger partial charge on any atom is 0.204 e. The van der Waals surface area contributed by atoms with Crippen LogP contribution in [0.15, 0.2) is 48.5 Å². The van der Waals surface area contributed by atoms with Gasteiger partial charge in [0, 0.05) is 10.6 Å². The van der Waals surface area contributed by atoms with Gasteiger partial charge in [-0.2, -0.15) is 4.80 Å². The first-order chi connectivity index (χ1) is 9.70. The molecule has 0 amide bonds. The van der Waals surface area contributed by atoms with Crippen molar-refractivity contribution in [2.24, 2.45) is 0 Å². The van der Waals surface area contributed by atoms with Crippen LogP contribution in [-0.2, 0) is 6.54 Å². The summed E-state index contributed by atoms with van der Waals surface area (Å²) in [6.45, 7) is 2.67. The molecule has 0 bridgehead atoms. The van der Waals surface area contributed by atoms with E-state index in [2.05, 4.69) is 46.6 Å². The van der Waals surface area contributed by atoms with Gasteiger partial charge in [-0.3, -0.25) is 0 Å². The Morgan fingerprint density at radius 1 is 1.10 bits per heavy atom. The second-order valence-corrected chi connectivity index (χ2v) is 5.08. The van der Waals surface area contributed by atoms with Crippen molar-refractivity contribution < 1.29 is 0 Å². The Labute approximate surface area is 122 Å². The van der Waals surface area contributed by atoms with Crippen molar-refractivity contribution in [3.8, 4) is 11.4 Å². The molecule has 0 fully saturated rings. The fourth-order valence-electron chi connectivity index (χ4n) is 1.91. The summed E-state index contributed by atoms with van der Waals surface area (Å²) in [5.41, 5.74) is 3.25. The summed E-state index contributed by atoms with van der Waals surface area (Å²) in [5, 5.41) is 13.2. The van der Waals surface area contributed by atoms with E-state index < -0.39 is 0 Å². The molecule has 0 aliphatic rings. The van der Waals surface area contributed by atoms with Crippen LogP contribution in [0, 0.1) is 6.92 Å². The van der Waals surface area contributed by atoms with Crippen molar-refractivity contribution in [1.82, 2.24) is 20.2 Å². The topological polar surface area (TPSA) is 43.6 Å². The minimum absolute atomic E-state index is 0.583. The van der Waals surface area contributed by atoms with Crippen LogP contribution >= 0.6 is 11.6 Å². The van der Waals surface area contributed by atoms with Crippen LogP contribution < -0.4 is 0 Å². The lowest BCUT2D eigenvalue weighted by Gasteiger charge is -2.00. The standard InChI is InChI=1S/C15H13ClN4/c1-11-5-7-12(8-6-11)10-20-18-15(17-19-20)13-3-2-4-14(16)9-13/h2-9H,10H2,1H3. The molecule has 0 unspecified atom stereocenters. The van der Waals surface area contributed by atoms with E-state index in [-0.39, 0.29) is 0 Å². The van der Waals surface area contributed by atoms with Crippen LogP contribution in [0.4, 0.5) is 0 Å². The molecule has 1 aromatic heterocycles. The third kappa shape index (κ3) is 2.86. The highest BCUT2D eigenvalue weighted by Crippen LogP contribution is 2.18. The average Bonchev–Trinajstić information content (AvgIpc) is 2.90. The van der Waals surface area contributed by atoms with Crippen molar-refractivity contribution >= 4 is 11.6 Å². The number of aromatic nitrogens is 4. The monoisotopic (exact) mass is 284 g/mol. The van der Waals surface area contributed by atoms with Crippen LogP contribution in [0.25, 0.3) is 11.4 Å². The predicted octanol–water partition coefficient (Wildman–Crippen LogP) is 3.35. The molecule has 0 aliphatic carbocycles. The molecule has 0 N–H and O–H groups in total. The van der Waals surface area contributed by atoms with Crippen LogP contribution in [0.2, 0.25) is 5.02 Å². The summed E-state index contributed by atoms with van der Waals surface area (Å²) in [6.07, 6.45) is 0. The lowest BCUT2D eigenvalue weighted by Crippen LogP contribution is -2.03. The molecule has 0 saturated heterocycles. The highest BCUT2D eigenvalue weighted by molar-refractivity contribution is 6.30. The third-order valence-corrected chi connectivity index (χ3v) is 3.22. The van der Waals surface area contributed by atoms with E-state index in [1.807, 2.05) is 24.3 Å². The van der Waals surface area contributed by atoms with E-state index >= 15 is 0 Å². The smallest absolute Gasteiger partial charge is 0.159 e. The van der Waals surface area contributed by atoms with Gasteiger partial charge in [-0.1, -0.05) is 53.6 Å². The third-order valence-electron chi connectivity index (χ3n) is 2.98. The number of tetrazole rings is 1. The minimum Gasteiger partial charge on any atom is -0.159 e. The summed E-state index contributed by atoms with van der Waals surface area (Å²) < 4.78 is 0. The quantitative estimate of drug-likeness (QED) is 0.741. The molecule has 0 aliphatic heterocycles. The normalized spacial score (nSPS) is 10.7. The van der Waals surface area contributed by atoms with Gasteiger partial charge >= 0.3 is 0 Å². The fraction of sp³-hybridized carbons (Fsp3) is 0.133. The van der Waals surface area contributed by atoms with Crippen LogP contribution in [-0.4, -0.2) is 20.2 Å². The SMILES string of the molecule is Cc1ccc(Cn2nnc(-c3cccc(Cl)c3)n2)cc1. The van der Waals surface area contributed by atoms with Gasteiger partial charge in [-0.25, -0.2) is 0 Å². The number of hydrogen-bond donors (Lipinski definition) is 0. The Bertz CT molecular complexity index is 719. The Morgan fingerprint density at radius 3 is 2.65 bits per heavy atom. The first kappa shape index (κ1) is 12.8. The number of rotatable bonds is 3. The number of hydrogen-bond acceptors (Lipinski definition) is 3. The summed E-state index contributed by atoms with van der Waals surface area (Å²) in [7, 11) is 0. The van der Waals surface area contributed by atoms with Crippen molar-refractivity contribution in [3.05, 3.63) is 64.7 Å². The minimum atomic E-state index is 0.583. The van der Waals surface area contributed by atoms with Gasteiger partial charge in [-0.05, 0) is 29.8 Å². The van der Waals surface area contributed by atoms with E-state index in [1.165, 1.54) is 5.56 Å². The average molecular weight is 285 g/mol. The van der Waals surface area contributed by atoms with Crippen LogP contribution in [0.5, 0.6) is 0 Å². The van der Waals surface area contributed by atoms with Crippen molar-refractivity contribution in [1.29, 1.82) is 0 Å². The molecule has 4 nitrogen and oxygen atoms in total. The van der Waals surface area contributed by atoms with Gasteiger partial charge in [-0.15, -0.1) is 10.2 Å². The zero-order valence-electron chi connectivity index (χ0n) is 11.0. The van der Waals surface area contributed by atoms with E-state index in [0.717, 1.165) is 11.1 Å². The first-order valence-electron chi connectivity index (χ1n) is 6.30. The molecule has 0 spiro atoms. The number of benzene rings is 2. The highest BCUT2D eigenvalue weighted by atomic mass is 35.5. The summed E-state index contributed by atoms with van der Waals surface area (Å²) in [4.78, 5) is 1.58. The van der Waals surface area contributed by atoms with Crippen LogP contribution in [0.1, 0.15) is 11.1 Å². The summed E-state index contributed by atoms with van der Waals surface area (Å²) in [6, 6.07) is 15.7. The molecule has 20 heavy (non-hydrogen) atoms. The molecule has 3 aromatic rings. The number of halogens is 1. The molecule has 100 valence electrons. The van der Waals surface area contributed by atoms with Gasteiger partial charge in [0.05, 0.1) is 6.54 Å². The first-order valence-corrected chi connectivity index (χ1v) is 6.68. The molecule has 5 heteroatoms. The van der Waals surface area contributed by atoms with Gasteiger partial charge in [0.1, 0.15) is 0 Å². The molecule has 3 rings (SSSR count). The van der Waals surface area contributed by atoms with Crippen molar-refractivity contribution in [2.75, 3.05) is 0 Å². The van der Waals surface area contributed by atoms with Gasteiger partial charge < -0.3 is 0 Å². The predicted molar refractivity (Wildman–Crippen MR) is 78.5 cm³/mol. The molecule has 0 saturated carbocycles. The van der Waals surface area contributed by atoms with Gasteiger partial charge in [0.2, 0.25) is 5.82 Å². The van der Waals surface area contributed by atoms with Crippen molar-refractivity contribution in [2.45, 2.75) is 13.5 Å². The largest absolute Gasteiger partial charge is 0.204 e. The second kappa shape index (κ2) is 5.43. The van der Waals surface area contributed by atoms with Crippen LogP contribution in [0.3, 0.4) is 0 Å². The van der Waals surface area contributed by atoms with E-state index in [1.54, 1.807) is 4.80 Å².